The first-order valence-corrected chi connectivity index (χ1v) is 6.53. The van der Waals surface area contributed by atoms with Crippen LogP contribution in [0.4, 0.5) is 10.9 Å². The molecule has 0 aliphatic carbocycles. The van der Waals surface area contributed by atoms with Crippen molar-refractivity contribution < 1.29 is 4.79 Å². The molecule has 0 aliphatic heterocycles. The van der Waals surface area contributed by atoms with E-state index in [0.717, 1.165) is 5.69 Å². The van der Waals surface area contributed by atoms with Gasteiger partial charge in [-0.3, -0.25) is 9.78 Å². The Morgan fingerprint density at radius 1 is 1.53 bits per heavy atom. The van der Waals surface area contributed by atoms with Gasteiger partial charge >= 0.3 is 0 Å². The fourth-order valence-corrected chi connectivity index (χ4v) is 2.40. The van der Waals surface area contributed by atoms with Crippen molar-refractivity contribution in [3.05, 3.63) is 35.0 Å². The molecule has 0 spiro atoms. The molecule has 0 saturated carbocycles. The van der Waals surface area contributed by atoms with Gasteiger partial charge in [0.25, 0.3) is 5.91 Å². The molecule has 0 atom stereocenters. The van der Waals surface area contributed by atoms with E-state index in [1.54, 1.807) is 25.2 Å². The lowest BCUT2D eigenvalue weighted by molar-refractivity contribution is 0.0789. The van der Waals surface area contributed by atoms with Gasteiger partial charge in [-0.05, 0) is 12.1 Å². The molecule has 0 unspecified atom stereocenters. The molecule has 100 valence electrons. The van der Waals surface area contributed by atoms with Crippen LogP contribution in [-0.2, 0) is 6.54 Å². The second-order valence-corrected chi connectivity index (χ2v) is 4.96. The first-order valence-electron chi connectivity index (χ1n) is 5.71. The number of amides is 1. The molecule has 2 aromatic rings. The van der Waals surface area contributed by atoms with Crippen molar-refractivity contribution in [2.75, 3.05) is 25.1 Å². The SMILES string of the molecule is CNc1nc(N)c(C(=O)N(C)Cc2ccccn2)s1. The molecule has 19 heavy (non-hydrogen) atoms. The summed E-state index contributed by atoms with van der Waals surface area (Å²) in [7, 11) is 3.46. The van der Waals surface area contributed by atoms with Gasteiger partial charge in [-0.2, -0.15) is 0 Å². The van der Waals surface area contributed by atoms with E-state index in [1.807, 2.05) is 18.2 Å². The second-order valence-electron chi connectivity index (χ2n) is 3.97. The van der Waals surface area contributed by atoms with E-state index >= 15 is 0 Å². The summed E-state index contributed by atoms with van der Waals surface area (Å²) in [6.45, 7) is 0.436. The topological polar surface area (TPSA) is 84.1 Å². The minimum atomic E-state index is -0.151. The Hall–Kier alpha value is -2.15. The second kappa shape index (κ2) is 5.66. The van der Waals surface area contributed by atoms with Crippen molar-refractivity contribution in [3.8, 4) is 0 Å². The van der Waals surface area contributed by atoms with Crippen LogP contribution in [0.15, 0.2) is 24.4 Å². The lowest BCUT2D eigenvalue weighted by atomic mass is 10.3. The maximum atomic E-state index is 12.3. The zero-order valence-electron chi connectivity index (χ0n) is 10.8. The van der Waals surface area contributed by atoms with Gasteiger partial charge in [0.15, 0.2) is 5.13 Å². The van der Waals surface area contributed by atoms with Crippen LogP contribution in [-0.4, -0.2) is 34.9 Å². The quantitative estimate of drug-likeness (QED) is 0.883. The van der Waals surface area contributed by atoms with Gasteiger partial charge in [-0.1, -0.05) is 17.4 Å². The van der Waals surface area contributed by atoms with Gasteiger partial charge in [-0.15, -0.1) is 0 Å². The summed E-state index contributed by atoms with van der Waals surface area (Å²) in [5.74, 6) is 0.106. The van der Waals surface area contributed by atoms with Crippen molar-refractivity contribution in [2.24, 2.45) is 0 Å². The number of aromatic nitrogens is 2. The first-order chi connectivity index (χ1) is 9.11. The molecule has 1 amide bonds. The van der Waals surface area contributed by atoms with Gasteiger partial charge < -0.3 is 16.0 Å². The van der Waals surface area contributed by atoms with Crippen LogP contribution in [0.1, 0.15) is 15.4 Å². The lowest BCUT2D eigenvalue weighted by Gasteiger charge is -2.15. The number of thiazole rings is 1. The van der Waals surface area contributed by atoms with E-state index in [9.17, 15) is 4.79 Å². The summed E-state index contributed by atoms with van der Waals surface area (Å²) in [6.07, 6.45) is 1.70. The van der Waals surface area contributed by atoms with Crippen LogP contribution in [0.5, 0.6) is 0 Å². The van der Waals surface area contributed by atoms with E-state index in [0.29, 0.717) is 16.6 Å². The Bertz CT molecular complexity index is 569. The normalized spacial score (nSPS) is 10.2. The number of nitrogens with two attached hydrogens (primary N) is 1. The molecule has 0 aliphatic rings. The predicted octanol–water partition coefficient (Wildman–Crippen LogP) is 1.43. The molecular formula is C12H15N5OS. The Balaban J connectivity index is 2.12. The summed E-state index contributed by atoms with van der Waals surface area (Å²) >= 11 is 1.25. The molecule has 0 aromatic carbocycles. The Morgan fingerprint density at radius 2 is 2.32 bits per heavy atom. The number of nitrogens with zero attached hydrogens (tertiary/aromatic N) is 3. The van der Waals surface area contributed by atoms with E-state index in [-0.39, 0.29) is 11.7 Å². The largest absolute Gasteiger partial charge is 0.382 e. The maximum absolute atomic E-state index is 12.3. The summed E-state index contributed by atoms with van der Waals surface area (Å²) < 4.78 is 0. The summed E-state index contributed by atoms with van der Waals surface area (Å²) in [5.41, 5.74) is 6.57. The zero-order valence-corrected chi connectivity index (χ0v) is 11.6. The van der Waals surface area contributed by atoms with Crippen molar-refractivity contribution in [1.29, 1.82) is 0 Å². The van der Waals surface area contributed by atoms with Gasteiger partial charge in [0.2, 0.25) is 0 Å². The monoisotopic (exact) mass is 277 g/mol. The number of rotatable bonds is 4. The van der Waals surface area contributed by atoms with Crippen LogP contribution in [0.3, 0.4) is 0 Å². The molecule has 0 radical (unpaired) electrons. The van der Waals surface area contributed by atoms with Crippen LogP contribution in [0.2, 0.25) is 0 Å². The third-order valence-electron chi connectivity index (χ3n) is 2.53. The van der Waals surface area contributed by atoms with E-state index in [2.05, 4.69) is 15.3 Å². The predicted molar refractivity (Wildman–Crippen MR) is 76.1 cm³/mol. The Kier molecular flexibility index (Phi) is 3.96. The number of nitrogens with one attached hydrogen (secondary N) is 1. The molecule has 2 rings (SSSR count). The third kappa shape index (κ3) is 3.00. The zero-order chi connectivity index (χ0) is 13.8. The minimum Gasteiger partial charge on any atom is -0.382 e. The van der Waals surface area contributed by atoms with Gasteiger partial charge in [0.05, 0.1) is 12.2 Å². The third-order valence-corrected chi connectivity index (χ3v) is 3.61. The summed E-state index contributed by atoms with van der Waals surface area (Å²) in [5, 5.41) is 3.51. The van der Waals surface area contributed by atoms with Crippen LogP contribution < -0.4 is 11.1 Å². The maximum Gasteiger partial charge on any atom is 0.267 e. The van der Waals surface area contributed by atoms with Crippen LogP contribution in [0.25, 0.3) is 0 Å². The molecular weight excluding hydrogens is 262 g/mol. The molecule has 0 bridgehead atoms. The van der Waals surface area contributed by atoms with Gasteiger partial charge in [-0.25, -0.2) is 4.98 Å². The fraction of sp³-hybridized carbons (Fsp3) is 0.250. The first kappa shape index (κ1) is 13.3. The van der Waals surface area contributed by atoms with E-state index < -0.39 is 0 Å². The molecule has 2 heterocycles. The molecule has 6 nitrogen and oxygen atoms in total. The van der Waals surface area contributed by atoms with Crippen LogP contribution in [0, 0.1) is 0 Å². The number of pyridine rings is 1. The van der Waals surface area contributed by atoms with Crippen molar-refractivity contribution in [3.63, 3.8) is 0 Å². The number of anilines is 2. The number of hydrogen-bond acceptors (Lipinski definition) is 6. The van der Waals surface area contributed by atoms with Crippen molar-refractivity contribution in [1.82, 2.24) is 14.9 Å². The standard InChI is InChI=1S/C12H15N5OS/c1-14-12-16-10(13)9(19-12)11(18)17(2)7-8-5-3-4-6-15-8/h3-6H,7,13H2,1-2H3,(H,14,16). The Labute approximate surface area is 115 Å². The lowest BCUT2D eigenvalue weighted by Crippen LogP contribution is -2.26. The molecule has 2 aromatic heterocycles. The smallest absolute Gasteiger partial charge is 0.267 e. The Morgan fingerprint density at radius 3 is 2.89 bits per heavy atom. The van der Waals surface area contributed by atoms with Crippen LogP contribution >= 0.6 is 11.3 Å². The van der Waals surface area contributed by atoms with E-state index in [1.165, 1.54) is 11.3 Å². The molecule has 7 heteroatoms. The molecule has 0 fully saturated rings. The highest BCUT2D eigenvalue weighted by molar-refractivity contribution is 7.18. The fourth-order valence-electron chi connectivity index (χ4n) is 1.57. The summed E-state index contributed by atoms with van der Waals surface area (Å²) in [6, 6.07) is 5.60. The van der Waals surface area contributed by atoms with Gasteiger partial charge in [0, 0.05) is 20.3 Å². The number of carbonyl (C=O) groups excluding carboxylic acids is 1. The van der Waals surface area contributed by atoms with Crippen molar-refractivity contribution >= 4 is 28.2 Å². The minimum absolute atomic E-state index is 0.151. The average molecular weight is 277 g/mol. The number of hydrogen-bond donors (Lipinski definition) is 2. The van der Waals surface area contributed by atoms with Gasteiger partial charge in [0.1, 0.15) is 10.7 Å². The average Bonchev–Trinajstić information content (AvgIpc) is 2.80. The highest BCUT2D eigenvalue weighted by Crippen LogP contribution is 2.25. The summed E-state index contributed by atoms with van der Waals surface area (Å²) in [4.78, 5) is 22.5. The van der Waals surface area contributed by atoms with Crippen molar-refractivity contribution in [2.45, 2.75) is 6.54 Å². The highest BCUT2D eigenvalue weighted by Gasteiger charge is 2.19. The number of carbonyl (C=O) groups is 1. The molecule has 3 N–H and O–H groups in total. The highest BCUT2D eigenvalue weighted by atomic mass is 32.1. The molecule has 0 saturated heterocycles. The van der Waals surface area contributed by atoms with E-state index in [4.69, 9.17) is 5.73 Å². The number of nitrogen functional groups attached to an aromatic ring is 1.